The quantitative estimate of drug-likeness (QED) is 0.350. The Kier molecular flexibility index (Phi) is 6.79. The van der Waals surface area contributed by atoms with Crippen molar-refractivity contribution in [3.63, 3.8) is 0 Å². The van der Waals surface area contributed by atoms with E-state index in [1.54, 1.807) is 30.5 Å². The molecule has 4 aliphatic rings. The molecule has 2 aromatic heterocycles. The van der Waals surface area contributed by atoms with Crippen LogP contribution in [-0.4, -0.2) is 41.1 Å². The third-order valence-electron chi connectivity index (χ3n) is 8.58. The average molecular weight is 580 g/mol. The smallest absolute Gasteiger partial charge is 0.296 e. The van der Waals surface area contributed by atoms with E-state index >= 15 is 0 Å². The minimum Gasteiger partial charge on any atom is -0.382 e. The van der Waals surface area contributed by atoms with Gasteiger partial charge in [-0.25, -0.2) is 9.97 Å². The van der Waals surface area contributed by atoms with Crippen LogP contribution in [0.15, 0.2) is 100 Å². The van der Waals surface area contributed by atoms with Crippen LogP contribution in [0, 0.1) is 12.8 Å². The van der Waals surface area contributed by atoms with Gasteiger partial charge in [0.15, 0.2) is 0 Å². The van der Waals surface area contributed by atoms with Gasteiger partial charge in [0.1, 0.15) is 17.2 Å². The first-order valence-electron chi connectivity index (χ1n) is 14.5. The SMILES string of the molecule is Cc1ccc(S(=O)(=O)OC[C@H]2C[C@H](c3nc(C4=CC=C5C=CC(C6=CCCC=C6)=NC5C4)c4c(N)nccn43)C2)cc1. The third kappa shape index (κ3) is 4.97. The van der Waals surface area contributed by atoms with Gasteiger partial charge in [0.2, 0.25) is 0 Å². The molecular weight excluding hydrogens is 546 g/mol. The van der Waals surface area contributed by atoms with E-state index in [-0.39, 0.29) is 29.4 Å². The number of benzene rings is 1. The van der Waals surface area contributed by atoms with E-state index in [0.717, 1.165) is 66.0 Å². The summed E-state index contributed by atoms with van der Waals surface area (Å²) in [5.41, 5.74) is 13.6. The first-order valence-corrected chi connectivity index (χ1v) is 15.9. The van der Waals surface area contributed by atoms with Crippen molar-refractivity contribution in [2.24, 2.45) is 10.9 Å². The molecule has 0 amide bonds. The van der Waals surface area contributed by atoms with Gasteiger partial charge in [-0.1, -0.05) is 54.2 Å². The topological polar surface area (TPSA) is 112 Å². The van der Waals surface area contributed by atoms with Crippen LogP contribution in [-0.2, 0) is 14.3 Å². The molecular formula is C33H33N5O3S. The number of hydrogen-bond donors (Lipinski definition) is 1. The van der Waals surface area contributed by atoms with Crippen molar-refractivity contribution in [1.29, 1.82) is 0 Å². The molecule has 3 heterocycles. The van der Waals surface area contributed by atoms with Crippen LogP contribution in [0.5, 0.6) is 0 Å². The number of dihydropyridines is 1. The molecule has 1 fully saturated rings. The van der Waals surface area contributed by atoms with Crippen molar-refractivity contribution >= 4 is 32.7 Å². The van der Waals surface area contributed by atoms with Gasteiger partial charge in [-0.05, 0) is 73.5 Å². The van der Waals surface area contributed by atoms with Crippen LogP contribution in [0.2, 0.25) is 0 Å². The predicted molar refractivity (Wildman–Crippen MR) is 165 cm³/mol. The number of hydrogen-bond acceptors (Lipinski definition) is 7. The van der Waals surface area contributed by atoms with E-state index in [4.69, 9.17) is 19.9 Å². The van der Waals surface area contributed by atoms with Gasteiger partial charge in [-0.3, -0.25) is 13.6 Å². The maximum absolute atomic E-state index is 12.7. The van der Waals surface area contributed by atoms with Gasteiger partial charge >= 0.3 is 0 Å². The summed E-state index contributed by atoms with van der Waals surface area (Å²) in [6.07, 6.45) is 23.2. The third-order valence-corrected chi connectivity index (χ3v) is 9.87. The number of aromatic nitrogens is 3. The molecule has 1 atom stereocenters. The Morgan fingerprint density at radius 1 is 1.07 bits per heavy atom. The molecule has 3 aliphatic carbocycles. The highest BCUT2D eigenvalue weighted by atomic mass is 32.2. The summed E-state index contributed by atoms with van der Waals surface area (Å²) in [4.78, 5) is 14.8. The van der Waals surface area contributed by atoms with Crippen molar-refractivity contribution in [1.82, 2.24) is 14.4 Å². The summed E-state index contributed by atoms with van der Waals surface area (Å²) in [6.45, 7) is 2.08. The van der Waals surface area contributed by atoms with E-state index in [0.29, 0.717) is 5.82 Å². The molecule has 0 spiro atoms. The number of allylic oxidation sites excluding steroid dienone is 7. The lowest BCUT2D eigenvalue weighted by Crippen LogP contribution is -2.28. The highest BCUT2D eigenvalue weighted by Crippen LogP contribution is 2.44. The van der Waals surface area contributed by atoms with E-state index in [2.05, 4.69) is 51.9 Å². The fraction of sp³-hybridized carbons (Fsp3) is 0.303. The van der Waals surface area contributed by atoms with Gasteiger partial charge < -0.3 is 5.73 Å². The van der Waals surface area contributed by atoms with Gasteiger partial charge in [0, 0.05) is 24.7 Å². The van der Waals surface area contributed by atoms with Gasteiger partial charge in [-0.15, -0.1) is 0 Å². The lowest BCUT2D eigenvalue weighted by molar-refractivity contribution is 0.158. The standard InChI is InChI=1S/C33H33N5O3S/c1-21-7-12-27(13-8-21)42(39,40)41-20-22-17-26(18-22)33-37-30(31-32(34)35-15-16-38(31)33)25-10-9-24-11-14-28(36-29(24)19-25)23-5-3-2-4-6-23/h3,5-16,22,26,29H,2,4,17-20H2,1H3,(H2,34,35)/t22-,26-,29?. The number of nitrogen functional groups attached to an aromatic ring is 1. The molecule has 9 heteroatoms. The zero-order chi connectivity index (χ0) is 28.8. The first-order chi connectivity index (χ1) is 20.4. The summed E-state index contributed by atoms with van der Waals surface area (Å²) >= 11 is 0. The Morgan fingerprint density at radius 3 is 2.69 bits per heavy atom. The highest BCUT2D eigenvalue weighted by molar-refractivity contribution is 7.86. The van der Waals surface area contributed by atoms with Crippen LogP contribution < -0.4 is 5.73 Å². The molecule has 214 valence electrons. The zero-order valence-corrected chi connectivity index (χ0v) is 24.3. The Labute approximate surface area is 245 Å². The van der Waals surface area contributed by atoms with Crippen LogP contribution in [0.1, 0.15) is 55.1 Å². The number of fused-ring (bicyclic) bond motifs is 2. The molecule has 8 nitrogen and oxygen atoms in total. The Bertz CT molecular complexity index is 1850. The first kappa shape index (κ1) is 26.8. The lowest BCUT2D eigenvalue weighted by atomic mass is 9.75. The molecule has 1 saturated carbocycles. The molecule has 0 saturated heterocycles. The number of imidazole rings is 1. The number of rotatable bonds is 7. The predicted octanol–water partition coefficient (Wildman–Crippen LogP) is 5.89. The summed E-state index contributed by atoms with van der Waals surface area (Å²) < 4.78 is 32.8. The number of anilines is 1. The van der Waals surface area contributed by atoms with Crippen LogP contribution >= 0.6 is 0 Å². The molecule has 42 heavy (non-hydrogen) atoms. The molecule has 0 bridgehead atoms. The van der Waals surface area contributed by atoms with Crippen molar-refractivity contribution in [3.05, 3.63) is 107 Å². The number of nitrogens with two attached hydrogens (primary N) is 1. The summed E-state index contributed by atoms with van der Waals surface area (Å²) in [6, 6.07) is 6.75. The second-order valence-corrected chi connectivity index (χ2v) is 13.1. The van der Waals surface area contributed by atoms with E-state index in [1.165, 1.54) is 11.1 Å². The summed E-state index contributed by atoms with van der Waals surface area (Å²) in [5, 5.41) is 0. The fourth-order valence-corrected chi connectivity index (χ4v) is 7.14. The zero-order valence-electron chi connectivity index (χ0n) is 23.5. The summed E-state index contributed by atoms with van der Waals surface area (Å²) in [5.74, 6) is 1.67. The van der Waals surface area contributed by atoms with Crippen molar-refractivity contribution in [2.75, 3.05) is 12.3 Å². The Hall–Kier alpha value is -4.08. The molecule has 1 aromatic carbocycles. The molecule has 2 N–H and O–H groups in total. The van der Waals surface area contributed by atoms with Gasteiger partial charge in [0.25, 0.3) is 10.1 Å². The number of aryl methyl sites for hydroxylation is 1. The highest BCUT2D eigenvalue weighted by Gasteiger charge is 2.36. The van der Waals surface area contributed by atoms with Gasteiger partial charge in [-0.2, -0.15) is 8.42 Å². The Morgan fingerprint density at radius 2 is 1.90 bits per heavy atom. The molecule has 0 radical (unpaired) electrons. The van der Waals surface area contributed by atoms with Crippen molar-refractivity contribution in [3.8, 4) is 0 Å². The van der Waals surface area contributed by atoms with Crippen LogP contribution in [0.3, 0.4) is 0 Å². The second-order valence-electron chi connectivity index (χ2n) is 11.5. The molecule has 1 aliphatic heterocycles. The Balaban J connectivity index is 1.10. The fourth-order valence-electron chi connectivity index (χ4n) is 6.17. The van der Waals surface area contributed by atoms with E-state index in [1.807, 2.05) is 13.1 Å². The van der Waals surface area contributed by atoms with Crippen molar-refractivity contribution in [2.45, 2.75) is 55.9 Å². The maximum atomic E-state index is 12.7. The normalized spacial score (nSPS) is 23.5. The van der Waals surface area contributed by atoms with Crippen LogP contribution in [0.4, 0.5) is 5.82 Å². The number of nitrogens with zero attached hydrogens (tertiary/aromatic N) is 4. The summed E-state index contributed by atoms with van der Waals surface area (Å²) in [7, 11) is -3.78. The minimum absolute atomic E-state index is 0.0278. The average Bonchev–Trinajstić information content (AvgIpc) is 3.37. The minimum atomic E-state index is -3.78. The van der Waals surface area contributed by atoms with Crippen molar-refractivity contribution < 1.29 is 12.6 Å². The monoisotopic (exact) mass is 579 g/mol. The molecule has 3 aromatic rings. The maximum Gasteiger partial charge on any atom is 0.296 e. The van der Waals surface area contributed by atoms with E-state index in [9.17, 15) is 8.42 Å². The van der Waals surface area contributed by atoms with Gasteiger partial charge in [0.05, 0.1) is 28.9 Å². The largest absolute Gasteiger partial charge is 0.382 e. The van der Waals surface area contributed by atoms with E-state index < -0.39 is 10.1 Å². The second kappa shape index (κ2) is 10.6. The lowest BCUT2D eigenvalue weighted by Gasteiger charge is -2.34. The molecule has 1 unspecified atom stereocenters. The van der Waals surface area contributed by atoms with Crippen LogP contribution in [0.25, 0.3) is 11.1 Å². The number of aliphatic imine (C=N–C) groups is 1. The molecule has 7 rings (SSSR count).